The Balaban J connectivity index is 1.80. The molecule has 76 valence electrons. The van der Waals surface area contributed by atoms with Crippen LogP contribution in [0.25, 0.3) is 0 Å². The van der Waals surface area contributed by atoms with Gasteiger partial charge in [0, 0.05) is 12.2 Å². The van der Waals surface area contributed by atoms with E-state index in [1.165, 1.54) is 25.7 Å². The normalized spacial score (nSPS) is 62.6. The molecule has 4 fully saturated rings. The van der Waals surface area contributed by atoms with Gasteiger partial charge in [0.05, 0.1) is 0 Å². The van der Waals surface area contributed by atoms with E-state index in [0.29, 0.717) is 16.6 Å². The molecule has 5 atom stereocenters. The molecular weight excluding hydrogens is 196 g/mol. The van der Waals surface area contributed by atoms with Gasteiger partial charge in [0.2, 0.25) is 0 Å². The van der Waals surface area contributed by atoms with Crippen LogP contribution in [0, 0.1) is 17.3 Å². The summed E-state index contributed by atoms with van der Waals surface area (Å²) in [6.45, 7) is 2.29. The molecule has 0 N–H and O–H groups in total. The Morgan fingerprint density at radius 2 is 2.21 bits per heavy atom. The van der Waals surface area contributed by atoms with E-state index >= 15 is 0 Å². The predicted octanol–water partition coefficient (Wildman–Crippen LogP) is 2.27. The number of hydrogen-bond donors (Lipinski definition) is 0. The molecule has 0 aromatic rings. The fraction of sp³-hybridized carbons (Fsp3) is 0.909. The first-order valence-electron chi connectivity index (χ1n) is 5.53. The molecule has 0 radical (unpaired) electrons. The molecule has 1 heterocycles. The maximum atomic E-state index is 5.82. The van der Waals surface area contributed by atoms with Gasteiger partial charge in [0.1, 0.15) is 6.10 Å². The fourth-order valence-corrected chi connectivity index (χ4v) is 4.75. The van der Waals surface area contributed by atoms with Gasteiger partial charge in [-0.15, -0.1) is 0 Å². The van der Waals surface area contributed by atoms with Crippen molar-refractivity contribution in [2.24, 2.45) is 17.3 Å². The summed E-state index contributed by atoms with van der Waals surface area (Å²) in [4.78, 5) is 0. The maximum Gasteiger partial charge on any atom is 0.353 e. The number of ether oxygens (including phenoxy) is 2. The molecule has 4 aliphatic rings. The van der Waals surface area contributed by atoms with Crippen molar-refractivity contribution >= 4 is 17.5 Å². The van der Waals surface area contributed by atoms with Crippen LogP contribution in [0.15, 0.2) is 0 Å². The topological polar surface area (TPSA) is 18.5 Å². The first kappa shape index (κ1) is 7.91. The van der Waals surface area contributed by atoms with Crippen molar-refractivity contribution in [1.29, 1.82) is 0 Å². The summed E-state index contributed by atoms with van der Waals surface area (Å²) in [6, 6.07) is 0. The van der Waals surface area contributed by atoms with Crippen molar-refractivity contribution in [2.45, 2.75) is 44.3 Å². The van der Waals surface area contributed by atoms with Crippen LogP contribution in [0.5, 0.6) is 0 Å². The second kappa shape index (κ2) is 1.97. The Hall–Kier alpha value is -0.310. The Morgan fingerprint density at radius 1 is 1.36 bits per heavy atom. The summed E-state index contributed by atoms with van der Waals surface area (Å²) >= 11 is 5.05. The predicted molar refractivity (Wildman–Crippen MR) is 54.8 cm³/mol. The molecule has 2 bridgehead atoms. The number of hydrogen-bond acceptors (Lipinski definition) is 3. The lowest BCUT2D eigenvalue weighted by molar-refractivity contribution is -0.0334. The second-order valence-electron chi connectivity index (χ2n) is 5.78. The lowest BCUT2D eigenvalue weighted by Gasteiger charge is -2.38. The molecule has 0 aromatic heterocycles. The first-order chi connectivity index (χ1) is 6.64. The standard InChI is InChI=1S/C11H14O2S/c1-6-2-10-3-7(10)4-11(5-10)8(6)12-9(14)13-11/h6-8H,2-5H2,1H3. The van der Waals surface area contributed by atoms with Crippen molar-refractivity contribution in [3.8, 4) is 0 Å². The highest BCUT2D eigenvalue weighted by atomic mass is 32.1. The van der Waals surface area contributed by atoms with Crippen LogP contribution in [0.1, 0.15) is 32.6 Å². The molecule has 1 saturated heterocycles. The second-order valence-corrected chi connectivity index (χ2v) is 6.11. The summed E-state index contributed by atoms with van der Waals surface area (Å²) in [5.74, 6) is 1.54. The molecule has 3 aliphatic carbocycles. The SMILES string of the molecule is CC1CC23CC2CC2(C3)OC(=S)OC12. The molecule has 3 saturated carbocycles. The van der Waals surface area contributed by atoms with E-state index < -0.39 is 0 Å². The minimum atomic E-state index is -0.00231. The van der Waals surface area contributed by atoms with Crippen molar-refractivity contribution in [3.63, 3.8) is 0 Å². The van der Waals surface area contributed by atoms with Crippen LogP contribution < -0.4 is 0 Å². The van der Waals surface area contributed by atoms with Crippen LogP contribution in [-0.2, 0) is 9.47 Å². The lowest BCUT2D eigenvalue weighted by Crippen LogP contribution is -2.46. The quantitative estimate of drug-likeness (QED) is 0.571. The van der Waals surface area contributed by atoms with Gasteiger partial charge in [-0.2, -0.15) is 0 Å². The Labute approximate surface area is 89.0 Å². The molecule has 0 amide bonds. The smallest absolute Gasteiger partial charge is 0.353 e. The van der Waals surface area contributed by atoms with Gasteiger partial charge >= 0.3 is 5.24 Å². The summed E-state index contributed by atoms with van der Waals surface area (Å²) in [6.07, 6.45) is 5.42. The van der Waals surface area contributed by atoms with Crippen LogP contribution in [-0.4, -0.2) is 16.9 Å². The minimum Gasteiger partial charge on any atom is -0.449 e. The van der Waals surface area contributed by atoms with Gasteiger partial charge in [-0.05, 0) is 42.9 Å². The largest absolute Gasteiger partial charge is 0.449 e. The molecule has 14 heavy (non-hydrogen) atoms. The summed E-state index contributed by atoms with van der Waals surface area (Å²) in [5.41, 5.74) is 0.636. The zero-order valence-corrected chi connectivity index (χ0v) is 9.10. The molecule has 5 unspecified atom stereocenters. The third-order valence-corrected chi connectivity index (χ3v) is 5.06. The molecular formula is C11H14O2S. The molecule has 2 nitrogen and oxygen atoms in total. The molecule has 0 aromatic carbocycles. The van der Waals surface area contributed by atoms with Gasteiger partial charge in [-0.25, -0.2) is 0 Å². The summed E-state index contributed by atoms with van der Waals surface area (Å²) in [5, 5.41) is 0.403. The Kier molecular flexibility index (Phi) is 1.11. The molecule has 1 aliphatic heterocycles. The molecule has 3 heteroatoms. The number of thiocarbonyl (C=S) groups is 1. The summed E-state index contributed by atoms with van der Waals surface area (Å²) < 4.78 is 11.5. The van der Waals surface area contributed by atoms with Gasteiger partial charge in [-0.1, -0.05) is 6.92 Å². The van der Waals surface area contributed by atoms with E-state index in [-0.39, 0.29) is 11.7 Å². The van der Waals surface area contributed by atoms with Crippen molar-refractivity contribution in [2.75, 3.05) is 0 Å². The van der Waals surface area contributed by atoms with E-state index in [4.69, 9.17) is 21.7 Å². The van der Waals surface area contributed by atoms with Crippen molar-refractivity contribution in [3.05, 3.63) is 0 Å². The zero-order chi connectivity index (χ0) is 9.55. The van der Waals surface area contributed by atoms with Crippen LogP contribution in [0.4, 0.5) is 0 Å². The van der Waals surface area contributed by atoms with E-state index in [1.807, 2.05) is 0 Å². The van der Waals surface area contributed by atoms with E-state index in [9.17, 15) is 0 Å². The number of rotatable bonds is 0. The molecule has 4 rings (SSSR count). The average molecular weight is 210 g/mol. The maximum absolute atomic E-state index is 5.82. The molecule has 2 spiro atoms. The van der Waals surface area contributed by atoms with E-state index in [2.05, 4.69) is 6.92 Å². The Bertz CT molecular complexity index is 342. The first-order valence-corrected chi connectivity index (χ1v) is 5.94. The highest BCUT2D eigenvalue weighted by Gasteiger charge is 2.74. The zero-order valence-electron chi connectivity index (χ0n) is 8.29. The van der Waals surface area contributed by atoms with Crippen molar-refractivity contribution < 1.29 is 9.47 Å². The Morgan fingerprint density at radius 3 is 3.07 bits per heavy atom. The van der Waals surface area contributed by atoms with Crippen LogP contribution in [0.3, 0.4) is 0 Å². The van der Waals surface area contributed by atoms with Gasteiger partial charge < -0.3 is 9.47 Å². The van der Waals surface area contributed by atoms with Gasteiger partial charge in [0.25, 0.3) is 0 Å². The summed E-state index contributed by atoms with van der Waals surface area (Å²) in [7, 11) is 0. The van der Waals surface area contributed by atoms with Gasteiger partial charge in [0.15, 0.2) is 5.60 Å². The van der Waals surface area contributed by atoms with Crippen LogP contribution in [0.2, 0.25) is 0 Å². The van der Waals surface area contributed by atoms with Gasteiger partial charge in [-0.3, -0.25) is 0 Å². The lowest BCUT2D eigenvalue weighted by atomic mass is 9.72. The average Bonchev–Trinajstić information content (AvgIpc) is 2.51. The van der Waals surface area contributed by atoms with E-state index in [1.54, 1.807) is 0 Å². The minimum absolute atomic E-state index is 0.00231. The fourth-order valence-electron chi connectivity index (χ4n) is 4.48. The highest BCUT2D eigenvalue weighted by Crippen LogP contribution is 2.75. The highest BCUT2D eigenvalue weighted by molar-refractivity contribution is 7.79. The third-order valence-electron chi connectivity index (χ3n) is 4.88. The van der Waals surface area contributed by atoms with Crippen LogP contribution >= 0.6 is 12.2 Å². The monoisotopic (exact) mass is 210 g/mol. The van der Waals surface area contributed by atoms with Crippen molar-refractivity contribution in [1.82, 2.24) is 0 Å². The van der Waals surface area contributed by atoms with E-state index in [0.717, 1.165) is 5.92 Å². The third kappa shape index (κ3) is 0.700.